The number of ether oxygens (including phenoxy) is 2. The number of aliphatic imine (C=N–C) groups is 1. The van der Waals surface area contributed by atoms with Gasteiger partial charge in [-0.05, 0) is 45.2 Å². The van der Waals surface area contributed by atoms with Gasteiger partial charge in [0.1, 0.15) is 11.4 Å². The summed E-state index contributed by atoms with van der Waals surface area (Å²) in [4.78, 5) is 32.8. The number of benzene rings is 1. The van der Waals surface area contributed by atoms with Crippen LogP contribution in [-0.4, -0.2) is 40.4 Å². The summed E-state index contributed by atoms with van der Waals surface area (Å²) >= 11 is 1.41. The fraction of sp³-hybridized carbons (Fsp3) is 0.458. The molecule has 3 heterocycles. The molecule has 0 saturated heterocycles. The van der Waals surface area contributed by atoms with Crippen LogP contribution in [0.3, 0.4) is 0 Å². The number of hydrogen-bond acceptors (Lipinski definition) is 6. The van der Waals surface area contributed by atoms with Gasteiger partial charge in [0, 0.05) is 6.54 Å². The minimum absolute atomic E-state index is 0.207. The predicted octanol–water partition coefficient (Wildman–Crippen LogP) is 3.37. The van der Waals surface area contributed by atoms with E-state index in [0.717, 1.165) is 16.0 Å². The minimum Gasteiger partial charge on any atom is -0.475 e. The van der Waals surface area contributed by atoms with E-state index < -0.39 is 0 Å². The molecule has 8 heteroatoms. The second-order valence-electron chi connectivity index (χ2n) is 8.86. The molecule has 0 N–H and O–H groups in total. The number of nitrogens with zero attached hydrogens (tertiary/aromatic N) is 3. The van der Waals surface area contributed by atoms with Crippen LogP contribution in [0.5, 0.6) is 0 Å². The Morgan fingerprint density at radius 1 is 1.12 bits per heavy atom. The molecule has 0 bridgehead atoms. The molecule has 1 aromatic carbocycles. The van der Waals surface area contributed by atoms with Crippen molar-refractivity contribution < 1.29 is 9.47 Å². The zero-order chi connectivity index (χ0) is 22.9. The first-order valence-electron chi connectivity index (χ1n) is 10.9. The van der Waals surface area contributed by atoms with Crippen molar-refractivity contribution in [2.24, 2.45) is 4.99 Å². The molecule has 0 spiro atoms. The van der Waals surface area contributed by atoms with E-state index in [1.165, 1.54) is 15.9 Å². The summed E-state index contributed by atoms with van der Waals surface area (Å²) < 4.78 is 14.5. The van der Waals surface area contributed by atoms with E-state index >= 15 is 0 Å². The van der Waals surface area contributed by atoms with E-state index in [4.69, 9.17) is 9.47 Å². The van der Waals surface area contributed by atoms with Gasteiger partial charge in [-0.15, -0.1) is 11.3 Å². The number of fused-ring (bicyclic) bond motifs is 1. The Morgan fingerprint density at radius 3 is 2.53 bits per heavy atom. The smallest absolute Gasteiger partial charge is 0.332 e. The predicted molar refractivity (Wildman–Crippen MR) is 128 cm³/mol. The van der Waals surface area contributed by atoms with Crippen LogP contribution in [0, 0.1) is 6.92 Å². The van der Waals surface area contributed by atoms with Crippen molar-refractivity contribution in [3.8, 4) is 0 Å². The Balaban J connectivity index is 1.81. The fourth-order valence-corrected chi connectivity index (χ4v) is 5.08. The Bertz CT molecular complexity index is 1260. The van der Waals surface area contributed by atoms with Gasteiger partial charge >= 0.3 is 5.69 Å². The topological polar surface area (TPSA) is 74.8 Å². The lowest BCUT2D eigenvalue weighted by Gasteiger charge is -2.20. The van der Waals surface area contributed by atoms with Crippen LogP contribution in [0.2, 0.25) is 0 Å². The maximum atomic E-state index is 13.4. The molecule has 0 amide bonds. The maximum Gasteiger partial charge on any atom is 0.332 e. The molecule has 3 aromatic rings. The minimum atomic E-state index is -0.344. The average molecular weight is 456 g/mol. The first kappa shape index (κ1) is 22.5. The summed E-state index contributed by atoms with van der Waals surface area (Å²) in [5.74, 6) is 0.563. The molecule has 2 aromatic heterocycles. The maximum absolute atomic E-state index is 13.4. The number of rotatable bonds is 7. The van der Waals surface area contributed by atoms with Crippen molar-refractivity contribution in [3.63, 3.8) is 0 Å². The number of thiophene rings is 1. The molecule has 7 nitrogen and oxygen atoms in total. The molecule has 0 unspecified atom stereocenters. The molecule has 170 valence electrons. The molecule has 0 saturated carbocycles. The zero-order valence-electron chi connectivity index (χ0n) is 19.0. The Labute approximate surface area is 190 Å². The summed E-state index contributed by atoms with van der Waals surface area (Å²) in [6, 6.07) is 10.0. The normalized spacial score (nSPS) is 14.1. The zero-order valence-corrected chi connectivity index (χ0v) is 19.8. The molecular weight excluding hydrogens is 426 g/mol. The molecule has 0 radical (unpaired) electrons. The molecule has 32 heavy (non-hydrogen) atoms. The van der Waals surface area contributed by atoms with E-state index in [9.17, 15) is 9.59 Å². The summed E-state index contributed by atoms with van der Waals surface area (Å²) in [6.45, 7) is 9.88. The highest BCUT2D eigenvalue weighted by molar-refractivity contribution is 7.20. The van der Waals surface area contributed by atoms with E-state index in [0.29, 0.717) is 42.2 Å². The SMILES string of the molecule is Cc1c(C2=NCCO2)sc2c1c(=O)n(CCOC(C)(C)C)c(=O)n2CCc1ccccc1. The quantitative estimate of drug-likeness (QED) is 0.548. The van der Waals surface area contributed by atoms with E-state index in [-0.39, 0.29) is 30.0 Å². The van der Waals surface area contributed by atoms with Crippen LogP contribution >= 0.6 is 11.3 Å². The van der Waals surface area contributed by atoms with Crippen LogP contribution in [0.4, 0.5) is 0 Å². The Hall–Kier alpha value is -2.71. The van der Waals surface area contributed by atoms with Gasteiger partial charge in [0.05, 0.1) is 35.6 Å². The third-order valence-electron chi connectivity index (χ3n) is 5.39. The van der Waals surface area contributed by atoms with E-state index in [1.807, 2.05) is 58.0 Å². The second kappa shape index (κ2) is 9.03. The van der Waals surface area contributed by atoms with Crippen molar-refractivity contribution in [1.82, 2.24) is 9.13 Å². The highest BCUT2D eigenvalue weighted by atomic mass is 32.1. The largest absolute Gasteiger partial charge is 0.475 e. The Morgan fingerprint density at radius 2 is 1.88 bits per heavy atom. The van der Waals surface area contributed by atoms with E-state index in [1.54, 1.807) is 4.57 Å². The molecule has 1 aliphatic rings. The lowest BCUT2D eigenvalue weighted by molar-refractivity contribution is -0.00757. The number of aryl methyl sites for hydroxylation is 3. The van der Waals surface area contributed by atoms with Gasteiger partial charge in [-0.3, -0.25) is 13.9 Å². The van der Waals surface area contributed by atoms with Crippen molar-refractivity contribution in [2.75, 3.05) is 19.8 Å². The van der Waals surface area contributed by atoms with Crippen LogP contribution < -0.4 is 11.2 Å². The third-order valence-corrected chi connectivity index (χ3v) is 6.69. The van der Waals surface area contributed by atoms with Crippen LogP contribution in [0.1, 0.15) is 36.8 Å². The first-order chi connectivity index (χ1) is 15.3. The van der Waals surface area contributed by atoms with Gasteiger partial charge in [0.25, 0.3) is 5.56 Å². The van der Waals surface area contributed by atoms with E-state index in [2.05, 4.69) is 4.99 Å². The third kappa shape index (κ3) is 4.56. The van der Waals surface area contributed by atoms with Crippen LogP contribution in [-0.2, 0) is 29.0 Å². The van der Waals surface area contributed by atoms with Crippen molar-refractivity contribution in [2.45, 2.75) is 52.8 Å². The molecule has 4 rings (SSSR count). The first-order valence-corrected chi connectivity index (χ1v) is 11.7. The van der Waals surface area contributed by atoms with Crippen molar-refractivity contribution in [3.05, 3.63) is 67.2 Å². The molecule has 0 aliphatic carbocycles. The van der Waals surface area contributed by atoms with Gasteiger partial charge in [0.15, 0.2) is 0 Å². The molecule has 1 aliphatic heterocycles. The highest BCUT2D eigenvalue weighted by Crippen LogP contribution is 2.30. The van der Waals surface area contributed by atoms with Gasteiger partial charge in [-0.1, -0.05) is 30.3 Å². The summed E-state index contributed by atoms with van der Waals surface area (Å²) in [7, 11) is 0. The summed E-state index contributed by atoms with van der Waals surface area (Å²) in [5, 5.41) is 0.562. The Kier molecular flexibility index (Phi) is 6.35. The number of aromatic nitrogens is 2. The standard InChI is InChI=1S/C24H29N3O4S/c1-16-18-21(28)26(13-15-31-24(2,3)4)23(29)27(12-10-17-8-6-5-7-9-17)22(18)32-19(16)20-25-11-14-30-20/h5-9H,10-15H2,1-4H3. The lowest BCUT2D eigenvalue weighted by atomic mass is 10.1. The molecule has 0 atom stereocenters. The number of hydrogen-bond donors (Lipinski definition) is 0. The van der Waals surface area contributed by atoms with Gasteiger partial charge in [0.2, 0.25) is 5.90 Å². The molecular formula is C24H29N3O4S. The van der Waals surface area contributed by atoms with Crippen LogP contribution in [0.15, 0.2) is 44.9 Å². The summed E-state index contributed by atoms with van der Waals surface area (Å²) in [6.07, 6.45) is 0.691. The second-order valence-corrected chi connectivity index (χ2v) is 9.86. The lowest BCUT2D eigenvalue weighted by Crippen LogP contribution is -2.41. The highest BCUT2D eigenvalue weighted by Gasteiger charge is 2.24. The fourth-order valence-electron chi connectivity index (χ4n) is 3.79. The van der Waals surface area contributed by atoms with Crippen LogP contribution in [0.25, 0.3) is 10.2 Å². The van der Waals surface area contributed by atoms with Gasteiger partial charge in [-0.2, -0.15) is 0 Å². The summed E-state index contributed by atoms with van der Waals surface area (Å²) in [5.41, 5.74) is 1.02. The van der Waals surface area contributed by atoms with Gasteiger partial charge in [-0.25, -0.2) is 9.79 Å². The van der Waals surface area contributed by atoms with Gasteiger partial charge < -0.3 is 9.47 Å². The van der Waals surface area contributed by atoms with Crippen molar-refractivity contribution >= 4 is 27.5 Å². The van der Waals surface area contributed by atoms with Crippen molar-refractivity contribution in [1.29, 1.82) is 0 Å². The molecule has 0 fully saturated rings. The average Bonchev–Trinajstić information content (AvgIpc) is 3.38. The monoisotopic (exact) mass is 455 g/mol.